The van der Waals surface area contributed by atoms with Crippen molar-refractivity contribution in [1.82, 2.24) is 25.1 Å². The van der Waals surface area contributed by atoms with Crippen molar-refractivity contribution >= 4 is 39.1 Å². The SMILES string of the molecule is COC1CC(Oc2ncc3c(N4C[C@H](C)N[C@@H](C)C4)ccc(C(=O)Nc4cc(F)c5nn(C)cc5c4)c3n2)C1. The van der Waals surface area contributed by atoms with Gasteiger partial charge in [0.15, 0.2) is 5.82 Å². The minimum atomic E-state index is -0.501. The second kappa shape index (κ2) is 10.0. The van der Waals surface area contributed by atoms with Gasteiger partial charge in [-0.15, -0.1) is 0 Å². The Morgan fingerprint density at radius 3 is 2.64 bits per heavy atom. The summed E-state index contributed by atoms with van der Waals surface area (Å²) in [6, 6.07) is 7.52. The number of aryl methyl sites for hydroxylation is 1. The second-order valence-electron chi connectivity index (χ2n) is 10.6. The molecule has 39 heavy (non-hydrogen) atoms. The van der Waals surface area contributed by atoms with E-state index in [1.807, 2.05) is 6.07 Å². The van der Waals surface area contributed by atoms with Crippen LogP contribution in [0.25, 0.3) is 21.8 Å². The number of aromatic nitrogens is 4. The third-order valence-electron chi connectivity index (χ3n) is 7.44. The Kier molecular flexibility index (Phi) is 6.56. The van der Waals surface area contributed by atoms with E-state index in [2.05, 4.69) is 39.5 Å². The molecule has 0 unspecified atom stereocenters. The summed E-state index contributed by atoms with van der Waals surface area (Å²) in [7, 11) is 3.42. The van der Waals surface area contributed by atoms with Gasteiger partial charge in [-0.25, -0.2) is 9.37 Å². The van der Waals surface area contributed by atoms with Gasteiger partial charge >= 0.3 is 6.01 Å². The molecule has 2 fully saturated rings. The van der Waals surface area contributed by atoms with Gasteiger partial charge in [-0.05, 0) is 38.1 Å². The molecule has 10 nitrogen and oxygen atoms in total. The van der Waals surface area contributed by atoms with E-state index in [0.29, 0.717) is 34.2 Å². The van der Waals surface area contributed by atoms with Gasteiger partial charge in [0.05, 0.1) is 17.2 Å². The van der Waals surface area contributed by atoms with E-state index in [4.69, 9.17) is 14.5 Å². The molecule has 1 aliphatic carbocycles. The van der Waals surface area contributed by atoms with Crippen LogP contribution in [0.4, 0.5) is 15.8 Å². The van der Waals surface area contributed by atoms with Crippen LogP contribution in [0.1, 0.15) is 37.0 Å². The summed E-state index contributed by atoms with van der Waals surface area (Å²) in [5.74, 6) is -0.901. The molecule has 2 aromatic carbocycles. The maximum absolute atomic E-state index is 14.7. The van der Waals surface area contributed by atoms with Crippen LogP contribution in [0.3, 0.4) is 0 Å². The predicted molar refractivity (Wildman–Crippen MR) is 147 cm³/mol. The molecule has 2 N–H and O–H groups in total. The zero-order valence-corrected chi connectivity index (χ0v) is 22.4. The maximum atomic E-state index is 14.7. The third-order valence-corrected chi connectivity index (χ3v) is 7.44. The number of carbonyl (C=O) groups is 1. The van der Waals surface area contributed by atoms with Gasteiger partial charge in [-0.1, -0.05) is 0 Å². The molecule has 4 aromatic rings. The number of carbonyl (C=O) groups excluding carboxylic acids is 1. The van der Waals surface area contributed by atoms with Crippen LogP contribution in [0.5, 0.6) is 6.01 Å². The average Bonchev–Trinajstić information content (AvgIpc) is 3.25. The van der Waals surface area contributed by atoms with Gasteiger partial charge in [0, 0.05) is 86.7 Å². The Morgan fingerprint density at radius 2 is 1.90 bits per heavy atom. The number of nitrogens with one attached hydrogen (secondary N) is 2. The van der Waals surface area contributed by atoms with E-state index < -0.39 is 11.7 Å². The monoisotopic (exact) mass is 533 g/mol. The van der Waals surface area contributed by atoms with Crippen molar-refractivity contribution < 1.29 is 18.7 Å². The Bertz CT molecular complexity index is 1540. The molecule has 0 bridgehead atoms. The number of methoxy groups -OCH3 is 1. The summed E-state index contributed by atoms with van der Waals surface area (Å²) in [4.78, 5) is 25.1. The predicted octanol–water partition coefficient (Wildman–Crippen LogP) is 3.65. The summed E-state index contributed by atoms with van der Waals surface area (Å²) in [5.41, 5.74) is 2.39. The zero-order valence-electron chi connectivity index (χ0n) is 22.4. The molecule has 204 valence electrons. The van der Waals surface area contributed by atoms with Crippen LogP contribution in [-0.2, 0) is 11.8 Å². The highest BCUT2D eigenvalue weighted by atomic mass is 19.1. The van der Waals surface area contributed by atoms with Gasteiger partial charge in [0.2, 0.25) is 0 Å². The number of ether oxygens (including phenoxy) is 2. The van der Waals surface area contributed by atoms with Crippen molar-refractivity contribution in [1.29, 1.82) is 0 Å². The number of amides is 1. The van der Waals surface area contributed by atoms with E-state index in [1.54, 1.807) is 43.4 Å². The lowest BCUT2D eigenvalue weighted by atomic mass is 9.92. The van der Waals surface area contributed by atoms with E-state index >= 15 is 0 Å². The number of anilines is 2. The number of benzene rings is 2. The van der Waals surface area contributed by atoms with Crippen molar-refractivity contribution in [2.75, 3.05) is 30.4 Å². The van der Waals surface area contributed by atoms with Crippen molar-refractivity contribution in [3.05, 3.63) is 48.0 Å². The van der Waals surface area contributed by atoms with Crippen LogP contribution >= 0.6 is 0 Å². The first-order valence-corrected chi connectivity index (χ1v) is 13.2. The van der Waals surface area contributed by atoms with Gasteiger partial charge in [0.25, 0.3) is 5.91 Å². The number of fused-ring (bicyclic) bond motifs is 2. The second-order valence-corrected chi connectivity index (χ2v) is 10.6. The van der Waals surface area contributed by atoms with Crippen LogP contribution in [0.2, 0.25) is 0 Å². The van der Waals surface area contributed by atoms with Crippen LogP contribution in [-0.4, -0.2) is 70.1 Å². The summed E-state index contributed by atoms with van der Waals surface area (Å²) < 4.78 is 27.6. The number of hydrogen-bond acceptors (Lipinski definition) is 8. The highest BCUT2D eigenvalue weighted by molar-refractivity contribution is 6.14. The molecule has 11 heteroatoms. The molecule has 6 rings (SSSR count). The fraction of sp³-hybridized carbons (Fsp3) is 0.429. The maximum Gasteiger partial charge on any atom is 0.317 e. The molecule has 1 aliphatic heterocycles. The topological polar surface area (TPSA) is 106 Å². The minimum Gasteiger partial charge on any atom is -0.460 e. The molecule has 1 amide bonds. The largest absolute Gasteiger partial charge is 0.460 e. The van der Waals surface area contributed by atoms with Gasteiger partial charge in [-0.3, -0.25) is 9.48 Å². The van der Waals surface area contributed by atoms with E-state index in [0.717, 1.165) is 37.0 Å². The molecule has 0 radical (unpaired) electrons. The molecule has 2 aromatic heterocycles. The van der Waals surface area contributed by atoms with Gasteiger partial charge in [0.1, 0.15) is 11.6 Å². The normalized spacial score (nSPS) is 23.2. The number of halogens is 1. The molecule has 0 spiro atoms. The lowest BCUT2D eigenvalue weighted by molar-refractivity contribution is -0.0412. The quantitative estimate of drug-likeness (QED) is 0.387. The average molecular weight is 534 g/mol. The lowest BCUT2D eigenvalue weighted by Crippen LogP contribution is -2.54. The minimum absolute atomic E-state index is 0.0306. The van der Waals surface area contributed by atoms with Crippen molar-refractivity contribution in [3.8, 4) is 6.01 Å². The number of nitrogens with zero attached hydrogens (tertiary/aromatic N) is 5. The van der Waals surface area contributed by atoms with Gasteiger partial charge < -0.3 is 25.0 Å². The first kappa shape index (κ1) is 25.4. The third kappa shape index (κ3) is 4.99. The standard InChI is InChI=1S/C28H32FN7O3/c1-15-12-36(13-16(2)31-15)24-6-5-21(26-22(24)11-30-28(33-26)39-20-9-19(10-20)38-4)27(37)32-18-7-17-14-35(3)34-25(17)23(29)8-18/h5-8,11,14-16,19-20,31H,9-10,12-13H2,1-4H3,(H,32,37)/t15-,16-,19?,20?/m0/s1. The summed E-state index contributed by atoms with van der Waals surface area (Å²) in [6.45, 7) is 5.93. The van der Waals surface area contributed by atoms with Crippen LogP contribution in [0, 0.1) is 5.82 Å². The smallest absolute Gasteiger partial charge is 0.317 e. The Labute approximate surface area is 225 Å². The van der Waals surface area contributed by atoms with Crippen LogP contribution < -0.4 is 20.3 Å². The molecule has 3 heterocycles. The Morgan fingerprint density at radius 1 is 1.13 bits per heavy atom. The van der Waals surface area contributed by atoms with E-state index in [-0.39, 0.29) is 23.7 Å². The fourth-order valence-corrected chi connectivity index (χ4v) is 5.57. The molecule has 2 aliphatic rings. The Balaban J connectivity index is 1.36. The van der Waals surface area contributed by atoms with Crippen molar-refractivity contribution in [2.24, 2.45) is 7.05 Å². The molecular formula is C28H32FN7O3. The van der Waals surface area contributed by atoms with Crippen LogP contribution in [0.15, 0.2) is 36.7 Å². The van der Waals surface area contributed by atoms with Crippen molar-refractivity contribution in [2.45, 2.75) is 51.0 Å². The number of piperazine rings is 1. The van der Waals surface area contributed by atoms with E-state index in [9.17, 15) is 9.18 Å². The summed E-state index contributed by atoms with van der Waals surface area (Å²) in [6.07, 6.45) is 5.12. The lowest BCUT2D eigenvalue weighted by Gasteiger charge is -2.38. The first-order chi connectivity index (χ1) is 18.8. The van der Waals surface area contributed by atoms with Gasteiger partial charge in [-0.2, -0.15) is 10.1 Å². The van der Waals surface area contributed by atoms with E-state index in [1.165, 1.54) is 6.07 Å². The number of hydrogen-bond donors (Lipinski definition) is 2. The molecule has 2 atom stereocenters. The molecule has 1 saturated carbocycles. The summed E-state index contributed by atoms with van der Waals surface area (Å²) >= 11 is 0. The summed E-state index contributed by atoms with van der Waals surface area (Å²) in [5, 5.41) is 11.9. The first-order valence-electron chi connectivity index (χ1n) is 13.2. The Hall–Kier alpha value is -3.83. The fourth-order valence-electron chi connectivity index (χ4n) is 5.57. The molecule has 1 saturated heterocycles. The zero-order chi connectivity index (χ0) is 27.3. The highest BCUT2D eigenvalue weighted by Gasteiger charge is 2.32. The van der Waals surface area contributed by atoms with Crippen molar-refractivity contribution in [3.63, 3.8) is 0 Å². The number of rotatable bonds is 6. The molecular weight excluding hydrogens is 501 g/mol. The highest BCUT2D eigenvalue weighted by Crippen LogP contribution is 2.33.